The highest BCUT2D eigenvalue weighted by Gasteiger charge is 2.22. The molecule has 1 aliphatic heterocycles. The molecule has 1 aliphatic rings. The summed E-state index contributed by atoms with van der Waals surface area (Å²) in [4.78, 5) is 27.6. The number of amides is 2. The molecule has 2 aromatic carbocycles. The van der Waals surface area contributed by atoms with Gasteiger partial charge in [-0.15, -0.1) is 11.3 Å². The maximum absolute atomic E-state index is 12.5. The molecular formula is C23H24ClN3O2S. The fraction of sp³-hybridized carbons (Fsp3) is 0.304. The highest BCUT2D eigenvalue weighted by molar-refractivity contribution is 7.21. The summed E-state index contributed by atoms with van der Waals surface area (Å²) in [6, 6.07) is 18.2. The van der Waals surface area contributed by atoms with Crippen LogP contribution in [0.4, 0.5) is 0 Å². The van der Waals surface area contributed by atoms with Gasteiger partial charge in [-0.05, 0) is 24.5 Å². The van der Waals surface area contributed by atoms with Crippen LogP contribution in [0.3, 0.4) is 0 Å². The van der Waals surface area contributed by atoms with Crippen molar-refractivity contribution in [3.8, 4) is 0 Å². The Morgan fingerprint density at radius 1 is 1.03 bits per heavy atom. The van der Waals surface area contributed by atoms with E-state index in [0.717, 1.165) is 42.6 Å². The number of hydrogen-bond donors (Lipinski definition) is 2. The number of carbonyl (C=O) groups is 2. The molecule has 5 nitrogen and oxygen atoms in total. The van der Waals surface area contributed by atoms with E-state index in [1.165, 1.54) is 16.9 Å². The summed E-state index contributed by atoms with van der Waals surface area (Å²) in [6.07, 6.45) is 1.82. The summed E-state index contributed by atoms with van der Waals surface area (Å²) in [5, 5.41) is 7.04. The summed E-state index contributed by atoms with van der Waals surface area (Å²) in [5.41, 5.74) is 1.31. The van der Waals surface area contributed by atoms with E-state index in [0.29, 0.717) is 9.90 Å². The van der Waals surface area contributed by atoms with Crippen LogP contribution in [0.1, 0.15) is 28.1 Å². The molecule has 7 heteroatoms. The number of thiophene rings is 1. The van der Waals surface area contributed by atoms with Gasteiger partial charge in [0.2, 0.25) is 5.91 Å². The standard InChI is InChI=1S/C23H24ClN3O2S/c24-21-18-8-4-5-9-19(18)30-22(21)23(29)25-14-20(28)26-17-10-12-27(13-11-17)15-16-6-2-1-3-7-16/h1-9,17H,10-15H2,(H,25,29)(H,26,28). The number of rotatable bonds is 6. The van der Waals surface area contributed by atoms with Gasteiger partial charge in [0.1, 0.15) is 4.88 Å². The number of halogens is 1. The smallest absolute Gasteiger partial charge is 0.263 e. The van der Waals surface area contributed by atoms with Crippen molar-refractivity contribution in [2.75, 3.05) is 19.6 Å². The molecule has 0 spiro atoms. The van der Waals surface area contributed by atoms with Crippen LogP contribution >= 0.6 is 22.9 Å². The van der Waals surface area contributed by atoms with Crippen LogP contribution in [0, 0.1) is 0 Å². The van der Waals surface area contributed by atoms with Crippen LogP contribution in [0.5, 0.6) is 0 Å². The molecule has 1 saturated heterocycles. The Hall–Kier alpha value is -2.41. The van der Waals surface area contributed by atoms with Crippen LogP contribution in [-0.2, 0) is 11.3 Å². The van der Waals surface area contributed by atoms with Crippen molar-refractivity contribution in [1.82, 2.24) is 15.5 Å². The largest absolute Gasteiger partial charge is 0.352 e. The lowest BCUT2D eigenvalue weighted by atomic mass is 10.0. The Bertz CT molecular complexity index is 1030. The second kappa shape index (κ2) is 9.60. The van der Waals surface area contributed by atoms with E-state index in [4.69, 9.17) is 11.6 Å². The van der Waals surface area contributed by atoms with Crippen LogP contribution in [0.25, 0.3) is 10.1 Å². The number of carbonyl (C=O) groups excluding carboxylic acids is 2. The first-order valence-corrected chi connectivity index (χ1v) is 11.3. The molecule has 1 fully saturated rings. The molecule has 0 bridgehead atoms. The molecule has 2 amide bonds. The van der Waals surface area contributed by atoms with E-state index in [-0.39, 0.29) is 24.4 Å². The molecule has 4 rings (SSSR count). The fourth-order valence-electron chi connectivity index (χ4n) is 3.76. The number of nitrogens with zero attached hydrogens (tertiary/aromatic N) is 1. The molecule has 0 unspecified atom stereocenters. The third-order valence-electron chi connectivity index (χ3n) is 5.35. The van der Waals surface area contributed by atoms with E-state index in [2.05, 4.69) is 39.8 Å². The van der Waals surface area contributed by atoms with Gasteiger partial charge in [0.15, 0.2) is 0 Å². The zero-order valence-corrected chi connectivity index (χ0v) is 18.1. The van der Waals surface area contributed by atoms with Gasteiger partial charge < -0.3 is 10.6 Å². The van der Waals surface area contributed by atoms with Crippen LogP contribution < -0.4 is 10.6 Å². The minimum atomic E-state index is -0.311. The van der Waals surface area contributed by atoms with Gasteiger partial charge in [-0.1, -0.05) is 60.1 Å². The van der Waals surface area contributed by atoms with Crippen molar-refractivity contribution in [2.45, 2.75) is 25.4 Å². The molecule has 0 aliphatic carbocycles. The average Bonchev–Trinajstić information content (AvgIpc) is 3.11. The Morgan fingerprint density at radius 3 is 2.47 bits per heavy atom. The van der Waals surface area contributed by atoms with Crippen molar-refractivity contribution in [3.63, 3.8) is 0 Å². The summed E-state index contributed by atoms with van der Waals surface area (Å²) in [6.45, 7) is 2.79. The Morgan fingerprint density at radius 2 is 1.73 bits per heavy atom. The number of hydrogen-bond acceptors (Lipinski definition) is 4. The van der Waals surface area contributed by atoms with Gasteiger partial charge >= 0.3 is 0 Å². The summed E-state index contributed by atoms with van der Waals surface area (Å²) < 4.78 is 0.958. The van der Waals surface area contributed by atoms with E-state index < -0.39 is 0 Å². The number of piperidine rings is 1. The lowest BCUT2D eigenvalue weighted by Gasteiger charge is -2.32. The van der Waals surface area contributed by atoms with Crippen molar-refractivity contribution in [2.24, 2.45) is 0 Å². The third kappa shape index (κ3) is 5.01. The number of fused-ring (bicyclic) bond motifs is 1. The molecule has 2 N–H and O–H groups in total. The van der Waals surface area contributed by atoms with Crippen molar-refractivity contribution < 1.29 is 9.59 Å². The van der Waals surface area contributed by atoms with Crippen molar-refractivity contribution in [3.05, 3.63) is 70.1 Å². The first kappa shape index (κ1) is 20.8. The van der Waals surface area contributed by atoms with E-state index in [1.807, 2.05) is 30.3 Å². The van der Waals surface area contributed by atoms with E-state index in [1.54, 1.807) is 0 Å². The second-order valence-corrected chi connectivity index (χ2v) is 8.96. The molecule has 0 atom stereocenters. The quantitative estimate of drug-likeness (QED) is 0.606. The molecular weight excluding hydrogens is 418 g/mol. The molecule has 3 aromatic rings. The summed E-state index contributed by atoms with van der Waals surface area (Å²) in [7, 11) is 0. The Labute approximate surface area is 185 Å². The van der Waals surface area contributed by atoms with Gasteiger partial charge in [-0.2, -0.15) is 0 Å². The van der Waals surface area contributed by atoms with Gasteiger partial charge in [0, 0.05) is 35.8 Å². The highest BCUT2D eigenvalue weighted by atomic mass is 35.5. The zero-order chi connectivity index (χ0) is 20.9. The average molecular weight is 442 g/mol. The topological polar surface area (TPSA) is 61.4 Å². The number of likely N-dealkylation sites (tertiary alicyclic amines) is 1. The summed E-state index contributed by atoms with van der Waals surface area (Å²) in [5.74, 6) is -0.476. The van der Waals surface area contributed by atoms with Crippen LogP contribution in [0.2, 0.25) is 5.02 Å². The van der Waals surface area contributed by atoms with Gasteiger partial charge in [0.25, 0.3) is 5.91 Å². The SMILES string of the molecule is O=C(CNC(=O)c1sc2ccccc2c1Cl)NC1CCN(Cc2ccccc2)CC1. The number of nitrogens with one attached hydrogen (secondary N) is 2. The van der Waals surface area contributed by atoms with E-state index >= 15 is 0 Å². The van der Waals surface area contributed by atoms with Crippen LogP contribution in [0.15, 0.2) is 54.6 Å². The minimum absolute atomic E-state index is 0.0480. The van der Waals surface area contributed by atoms with Gasteiger partial charge in [0.05, 0.1) is 11.6 Å². The lowest BCUT2D eigenvalue weighted by molar-refractivity contribution is -0.121. The highest BCUT2D eigenvalue weighted by Crippen LogP contribution is 2.34. The monoisotopic (exact) mass is 441 g/mol. The van der Waals surface area contributed by atoms with Gasteiger partial charge in [-0.3, -0.25) is 14.5 Å². The molecule has 1 aromatic heterocycles. The van der Waals surface area contributed by atoms with Crippen LogP contribution in [-0.4, -0.2) is 42.4 Å². The van der Waals surface area contributed by atoms with Crippen molar-refractivity contribution >= 4 is 44.8 Å². The molecule has 30 heavy (non-hydrogen) atoms. The summed E-state index contributed by atoms with van der Waals surface area (Å²) >= 11 is 7.68. The molecule has 0 radical (unpaired) electrons. The van der Waals surface area contributed by atoms with Crippen molar-refractivity contribution in [1.29, 1.82) is 0 Å². The number of benzene rings is 2. The maximum Gasteiger partial charge on any atom is 0.263 e. The predicted molar refractivity (Wildman–Crippen MR) is 122 cm³/mol. The second-order valence-electron chi connectivity index (χ2n) is 7.53. The first-order chi connectivity index (χ1) is 14.6. The molecule has 2 heterocycles. The van der Waals surface area contributed by atoms with Gasteiger partial charge in [-0.25, -0.2) is 0 Å². The third-order valence-corrected chi connectivity index (χ3v) is 7.03. The Kier molecular flexibility index (Phi) is 6.67. The maximum atomic E-state index is 12.5. The normalized spacial score (nSPS) is 15.2. The predicted octanol–water partition coefficient (Wildman–Crippen LogP) is 4.07. The first-order valence-electron chi connectivity index (χ1n) is 10.1. The molecule has 0 saturated carbocycles. The Balaban J connectivity index is 1.22. The zero-order valence-electron chi connectivity index (χ0n) is 16.6. The lowest BCUT2D eigenvalue weighted by Crippen LogP contribution is -2.47. The molecule has 156 valence electrons. The fourth-order valence-corrected chi connectivity index (χ4v) is 5.19. The minimum Gasteiger partial charge on any atom is -0.352 e. The van der Waals surface area contributed by atoms with E-state index in [9.17, 15) is 9.59 Å².